The Hall–Kier alpha value is -8.64. The molecule has 0 heterocycles. The Kier molecular flexibility index (Phi) is 15.3. The van der Waals surface area contributed by atoms with Crippen LogP contribution in [0, 0.1) is 0 Å². The number of carboxylic acids is 2. The first kappa shape index (κ1) is 42.5. The van der Waals surface area contributed by atoms with Gasteiger partial charge in [-0.25, -0.2) is 28.8 Å². The highest BCUT2D eigenvalue weighted by Gasteiger charge is 2.14. The number of carbonyl (C=O) groups excluding carboxylic acids is 4. The van der Waals surface area contributed by atoms with E-state index in [0.717, 1.165) is 0 Å². The first-order valence-corrected chi connectivity index (χ1v) is 17.9. The Bertz CT molecular complexity index is 2180. The topological polar surface area (TPSA) is 180 Å². The van der Waals surface area contributed by atoms with Crippen LogP contribution in [0.15, 0.2) is 194 Å². The number of carbonyl (C=O) groups is 6. The van der Waals surface area contributed by atoms with E-state index < -0.39 is 35.8 Å². The van der Waals surface area contributed by atoms with Gasteiger partial charge in [0.25, 0.3) is 0 Å². The fourth-order valence-corrected chi connectivity index (χ4v) is 4.86. The van der Waals surface area contributed by atoms with Crippen molar-refractivity contribution in [1.29, 1.82) is 0 Å². The summed E-state index contributed by atoms with van der Waals surface area (Å²) in [6.07, 6.45) is 0. The van der Waals surface area contributed by atoms with Crippen molar-refractivity contribution in [2.75, 3.05) is 0 Å². The lowest BCUT2D eigenvalue weighted by molar-refractivity contribution is 0.0681. The smallest absolute Gasteiger partial charge is 0.343 e. The van der Waals surface area contributed by atoms with Gasteiger partial charge in [0.15, 0.2) is 0 Å². The van der Waals surface area contributed by atoms with Crippen molar-refractivity contribution < 1.29 is 57.9 Å². The molecule has 7 rings (SSSR count). The zero-order valence-electron chi connectivity index (χ0n) is 31.5. The third-order valence-corrected chi connectivity index (χ3v) is 7.91. The van der Waals surface area contributed by atoms with Crippen LogP contribution in [0.25, 0.3) is 0 Å². The number of para-hydroxylation sites is 4. The third-order valence-electron chi connectivity index (χ3n) is 7.91. The lowest BCUT2D eigenvalue weighted by atomic mass is 10.1. The zero-order valence-corrected chi connectivity index (χ0v) is 31.5. The van der Waals surface area contributed by atoms with Gasteiger partial charge in [-0.1, -0.05) is 72.8 Å². The molecule has 0 spiro atoms. The van der Waals surface area contributed by atoms with E-state index in [1.54, 1.807) is 97.1 Å². The van der Waals surface area contributed by atoms with Crippen molar-refractivity contribution in [3.8, 4) is 23.0 Å². The van der Waals surface area contributed by atoms with Crippen LogP contribution in [-0.2, 0) is 0 Å². The molecule has 0 saturated carbocycles. The number of hydrogen-bond acceptors (Lipinski definition) is 10. The van der Waals surface area contributed by atoms with Gasteiger partial charge in [-0.05, 0) is 121 Å². The van der Waals surface area contributed by atoms with Crippen LogP contribution < -0.4 is 18.9 Å². The maximum atomic E-state index is 12.0. The van der Waals surface area contributed by atoms with E-state index >= 15 is 0 Å². The highest BCUT2D eigenvalue weighted by Crippen LogP contribution is 2.17. The minimum Gasteiger partial charge on any atom is -0.478 e. The van der Waals surface area contributed by atoms with E-state index in [-0.39, 0.29) is 11.1 Å². The molecule has 0 amide bonds. The largest absolute Gasteiger partial charge is 0.478 e. The molecular weight excluding hydrogens is 769 g/mol. The van der Waals surface area contributed by atoms with Gasteiger partial charge in [0, 0.05) is 0 Å². The molecular formula is C48H34O12. The average molecular weight is 803 g/mol. The second-order valence-electron chi connectivity index (χ2n) is 12.2. The first-order valence-electron chi connectivity index (χ1n) is 17.9. The molecule has 0 aromatic heterocycles. The van der Waals surface area contributed by atoms with E-state index in [1.807, 2.05) is 24.3 Å². The molecule has 0 fully saturated rings. The molecule has 7 aromatic carbocycles. The highest BCUT2D eigenvalue weighted by molar-refractivity contribution is 5.96. The summed E-state index contributed by atoms with van der Waals surface area (Å²) in [5, 5.41) is 16.9. The van der Waals surface area contributed by atoms with E-state index in [4.69, 9.17) is 29.2 Å². The van der Waals surface area contributed by atoms with Gasteiger partial charge >= 0.3 is 35.8 Å². The van der Waals surface area contributed by atoms with Crippen molar-refractivity contribution in [1.82, 2.24) is 0 Å². The first-order chi connectivity index (χ1) is 29.0. The molecule has 0 atom stereocenters. The minimum absolute atomic E-state index is 0.0833. The lowest BCUT2D eigenvalue weighted by Gasteiger charge is -2.06. The normalized spacial score (nSPS) is 9.87. The maximum Gasteiger partial charge on any atom is 0.343 e. The summed E-state index contributed by atoms with van der Waals surface area (Å²) in [4.78, 5) is 68.9. The van der Waals surface area contributed by atoms with Crippen molar-refractivity contribution in [3.63, 3.8) is 0 Å². The predicted octanol–water partition coefficient (Wildman–Crippen LogP) is 9.33. The molecule has 0 saturated heterocycles. The standard InChI is InChI=1S/2C20H14O4.C8H6O4/c2*21-19(23-17-7-3-1-4-8-17)15-11-13-16(14-12-15)20(22)24-18-9-5-2-6-10-18;9-7(10)5-1-2-6(4-3-5)8(11)12/h2*1-14H;1-4H,(H,9,10)(H,11,12). The van der Waals surface area contributed by atoms with Gasteiger partial charge in [0.1, 0.15) is 23.0 Å². The molecule has 298 valence electrons. The van der Waals surface area contributed by atoms with Crippen LogP contribution in [0.5, 0.6) is 23.0 Å². The van der Waals surface area contributed by atoms with Crippen LogP contribution in [0.4, 0.5) is 0 Å². The van der Waals surface area contributed by atoms with Gasteiger partial charge in [0.05, 0.1) is 33.4 Å². The van der Waals surface area contributed by atoms with E-state index in [0.29, 0.717) is 45.3 Å². The monoisotopic (exact) mass is 802 g/mol. The lowest BCUT2D eigenvalue weighted by Crippen LogP contribution is -2.11. The number of ether oxygens (including phenoxy) is 4. The molecule has 0 radical (unpaired) electrons. The summed E-state index contributed by atoms with van der Waals surface area (Å²) in [7, 11) is 0. The summed E-state index contributed by atoms with van der Waals surface area (Å²) < 4.78 is 21.0. The summed E-state index contributed by atoms with van der Waals surface area (Å²) in [6, 6.07) is 52.5. The molecule has 0 aliphatic carbocycles. The second kappa shape index (κ2) is 21.6. The molecule has 12 heteroatoms. The van der Waals surface area contributed by atoms with Gasteiger partial charge in [-0.15, -0.1) is 0 Å². The molecule has 60 heavy (non-hydrogen) atoms. The van der Waals surface area contributed by atoms with E-state index in [9.17, 15) is 28.8 Å². The number of hydrogen-bond donors (Lipinski definition) is 2. The van der Waals surface area contributed by atoms with Crippen molar-refractivity contribution in [2.24, 2.45) is 0 Å². The SMILES string of the molecule is O=C(O)c1ccc(C(=O)O)cc1.O=C(Oc1ccccc1)c1ccc(C(=O)Oc2ccccc2)cc1.O=C(Oc1ccccc1)c1ccc(C(=O)Oc2ccccc2)cc1. The fourth-order valence-electron chi connectivity index (χ4n) is 4.86. The molecule has 0 bridgehead atoms. The van der Waals surface area contributed by atoms with E-state index in [2.05, 4.69) is 0 Å². The Morgan fingerprint density at radius 1 is 0.250 bits per heavy atom. The van der Waals surface area contributed by atoms with Crippen LogP contribution in [0.1, 0.15) is 62.1 Å². The van der Waals surface area contributed by atoms with Gasteiger partial charge < -0.3 is 29.2 Å². The molecule has 0 aliphatic heterocycles. The van der Waals surface area contributed by atoms with Crippen LogP contribution in [0.2, 0.25) is 0 Å². The Labute approximate surface area is 343 Å². The number of benzene rings is 7. The van der Waals surface area contributed by atoms with Crippen LogP contribution in [-0.4, -0.2) is 46.0 Å². The van der Waals surface area contributed by atoms with Crippen molar-refractivity contribution in [2.45, 2.75) is 0 Å². The Morgan fingerprint density at radius 3 is 0.583 bits per heavy atom. The molecule has 0 aliphatic rings. The fraction of sp³-hybridized carbons (Fsp3) is 0. The summed E-state index contributed by atoms with van der Waals surface area (Å²) >= 11 is 0. The van der Waals surface area contributed by atoms with Gasteiger partial charge in [-0.2, -0.15) is 0 Å². The quantitative estimate of drug-likeness (QED) is 0.0990. The molecule has 12 nitrogen and oxygen atoms in total. The minimum atomic E-state index is -1.06. The third kappa shape index (κ3) is 13.2. The summed E-state index contributed by atoms with van der Waals surface area (Å²) in [5.41, 5.74) is 1.59. The zero-order chi connectivity index (χ0) is 42.7. The van der Waals surface area contributed by atoms with Crippen LogP contribution in [0.3, 0.4) is 0 Å². The predicted molar refractivity (Wildman–Crippen MR) is 219 cm³/mol. The molecule has 0 unspecified atom stereocenters. The number of esters is 4. The number of rotatable bonds is 10. The van der Waals surface area contributed by atoms with Crippen molar-refractivity contribution in [3.05, 3.63) is 228 Å². The van der Waals surface area contributed by atoms with Gasteiger partial charge in [0.2, 0.25) is 0 Å². The molecule has 2 N–H and O–H groups in total. The summed E-state index contributed by atoms with van der Waals surface area (Å²) in [6.45, 7) is 0. The van der Waals surface area contributed by atoms with Crippen molar-refractivity contribution >= 4 is 35.8 Å². The van der Waals surface area contributed by atoms with Gasteiger partial charge in [-0.3, -0.25) is 0 Å². The number of aromatic carboxylic acids is 2. The number of carboxylic acid groups (broad SMARTS) is 2. The maximum absolute atomic E-state index is 12.0. The highest BCUT2D eigenvalue weighted by atomic mass is 16.5. The Morgan fingerprint density at radius 2 is 0.417 bits per heavy atom. The Balaban J connectivity index is 0.000000181. The van der Waals surface area contributed by atoms with Crippen LogP contribution >= 0.6 is 0 Å². The second-order valence-corrected chi connectivity index (χ2v) is 12.2. The average Bonchev–Trinajstić information content (AvgIpc) is 3.28. The van der Waals surface area contributed by atoms with E-state index in [1.165, 1.54) is 72.8 Å². The molecule has 7 aromatic rings. The summed E-state index contributed by atoms with van der Waals surface area (Å²) in [5.74, 6) is -2.18.